The van der Waals surface area contributed by atoms with Gasteiger partial charge in [-0.15, -0.1) is 0 Å². The lowest BCUT2D eigenvalue weighted by Crippen LogP contribution is -2.27. The minimum absolute atomic E-state index is 0.860. The van der Waals surface area contributed by atoms with Crippen molar-refractivity contribution in [2.45, 2.75) is 84.5 Å². The summed E-state index contributed by atoms with van der Waals surface area (Å²) < 4.78 is 5.62. The summed E-state index contributed by atoms with van der Waals surface area (Å²) >= 11 is 0. The van der Waals surface area contributed by atoms with Crippen LogP contribution in [0.1, 0.15) is 84.5 Å². The van der Waals surface area contributed by atoms with Crippen LogP contribution in [0.5, 0.6) is 0 Å². The predicted molar refractivity (Wildman–Crippen MR) is 96.1 cm³/mol. The van der Waals surface area contributed by atoms with Gasteiger partial charge in [-0.1, -0.05) is 31.4 Å². The van der Waals surface area contributed by atoms with E-state index in [-0.39, 0.29) is 0 Å². The molecule has 0 amide bonds. The second kappa shape index (κ2) is 10.5. The molecule has 2 saturated carbocycles. The zero-order valence-corrected chi connectivity index (χ0v) is 15.1. The largest absolute Gasteiger partial charge is 0.381 e. The third-order valence-electron chi connectivity index (χ3n) is 6.23. The smallest absolute Gasteiger partial charge is 0.0494 e. The zero-order chi connectivity index (χ0) is 15.6. The molecule has 0 N–H and O–H groups in total. The van der Waals surface area contributed by atoms with Gasteiger partial charge in [0.25, 0.3) is 0 Å². The highest BCUT2D eigenvalue weighted by molar-refractivity contribution is 4.83. The molecule has 2 rings (SSSR count). The first kappa shape index (κ1) is 18.0. The molecule has 1 heteroatoms. The predicted octanol–water partition coefficient (Wildman–Crippen LogP) is 6.38. The summed E-state index contributed by atoms with van der Waals surface area (Å²) in [7, 11) is 0. The van der Waals surface area contributed by atoms with Crippen LogP contribution in [0, 0.1) is 23.7 Å². The van der Waals surface area contributed by atoms with Crippen LogP contribution in [-0.2, 0) is 4.74 Å². The van der Waals surface area contributed by atoms with Gasteiger partial charge in [0.05, 0.1) is 0 Å². The highest BCUT2D eigenvalue weighted by Crippen LogP contribution is 2.42. The molecule has 2 aliphatic rings. The van der Waals surface area contributed by atoms with Gasteiger partial charge in [0.1, 0.15) is 0 Å². The van der Waals surface area contributed by atoms with Gasteiger partial charge in [0.2, 0.25) is 0 Å². The molecule has 22 heavy (non-hydrogen) atoms. The average molecular weight is 307 g/mol. The van der Waals surface area contributed by atoms with Crippen LogP contribution in [0.25, 0.3) is 0 Å². The highest BCUT2D eigenvalue weighted by atomic mass is 16.5. The molecule has 1 nitrogen and oxygen atoms in total. The van der Waals surface area contributed by atoms with Gasteiger partial charge < -0.3 is 4.74 Å². The zero-order valence-electron chi connectivity index (χ0n) is 15.1. The van der Waals surface area contributed by atoms with E-state index in [0.29, 0.717) is 0 Å². The molecule has 0 spiro atoms. The van der Waals surface area contributed by atoms with E-state index >= 15 is 0 Å². The van der Waals surface area contributed by atoms with E-state index in [1.54, 1.807) is 0 Å². The number of rotatable bonds is 8. The Balaban J connectivity index is 1.59. The third-order valence-corrected chi connectivity index (χ3v) is 6.23. The van der Waals surface area contributed by atoms with Crippen molar-refractivity contribution in [3.8, 4) is 0 Å². The Bertz CT molecular complexity index is 293. The maximum absolute atomic E-state index is 5.62. The van der Waals surface area contributed by atoms with Crippen molar-refractivity contribution in [2.24, 2.45) is 23.7 Å². The van der Waals surface area contributed by atoms with Crippen molar-refractivity contribution in [3.05, 3.63) is 12.2 Å². The van der Waals surface area contributed by atoms with E-state index in [9.17, 15) is 0 Å². The maximum atomic E-state index is 5.62. The molecular formula is C21H38O. The van der Waals surface area contributed by atoms with E-state index < -0.39 is 0 Å². The molecule has 0 aliphatic heterocycles. The quantitative estimate of drug-likeness (QED) is 0.373. The standard InChI is InChI=1S/C21H38O/c1-3-5-6-7-8-18-9-13-20(14-10-18)21-15-11-19(12-16-21)17-22-4-2/h3,5,18-21H,4,6-17H2,1-2H3/b5-3-/t18-,19?,20-,21?. The molecule has 0 aromatic rings. The van der Waals surface area contributed by atoms with E-state index in [4.69, 9.17) is 4.74 Å². The first-order valence-corrected chi connectivity index (χ1v) is 10.0. The van der Waals surface area contributed by atoms with Crippen molar-refractivity contribution in [1.29, 1.82) is 0 Å². The van der Waals surface area contributed by atoms with E-state index in [0.717, 1.165) is 36.9 Å². The van der Waals surface area contributed by atoms with Crippen molar-refractivity contribution >= 4 is 0 Å². The Morgan fingerprint density at radius 1 is 0.864 bits per heavy atom. The lowest BCUT2D eigenvalue weighted by atomic mass is 9.69. The monoisotopic (exact) mass is 306 g/mol. The number of hydrogen-bond acceptors (Lipinski definition) is 1. The van der Waals surface area contributed by atoms with Gasteiger partial charge in [-0.25, -0.2) is 0 Å². The molecule has 0 bridgehead atoms. The molecule has 0 aromatic heterocycles. The molecule has 0 unspecified atom stereocenters. The topological polar surface area (TPSA) is 9.23 Å². The number of unbranched alkanes of at least 4 members (excludes halogenated alkanes) is 1. The fraction of sp³-hybridized carbons (Fsp3) is 0.905. The summed E-state index contributed by atoms with van der Waals surface area (Å²) in [6, 6.07) is 0. The second-order valence-corrected chi connectivity index (χ2v) is 7.72. The van der Waals surface area contributed by atoms with Gasteiger partial charge >= 0.3 is 0 Å². The molecule has 128 valence electrons. The summed E-state index contributed by atoms with van der Waals surface area (Å²) in [6.07, 6.45) is 20.6. The Morgan fingerprint density at radius 2 is 1.45 bits per heavy atom. The lowest BCUT2D eigenvalue weighted by molar-refractivity contribution is 0.0710. The molecular weight excluding hydrogens is 268 g/mol. The Labute approximate surface area is 138 Å². The first-order valence-electron chi connectivity index (χ1n) is 10.0. The lowest BCUT2D eigenvalue weighted by Gasteiger charge is -2.37. The van der Waals surface area contributed by atoms with Crippen LogP contribution < -0.4 is 0 Å². The summed E-state index contributed by atoms with van der Waals surface area (Å²) in [5.41, 5.74) is 0. The molecule has 0 saturated heterocycles. The van der Waals surface area contributed by atoms with Crippen LogP contribution >= 0.6 is 0 Å². The van der Waals surface area contributed by atoms with E-state index in [2.05, 4.69) is 26.0 Å². The van der Waals surface area contributed by atoms with Crippen LogP contribution in [0.4, 0.5) is 0 Å². The Morgan fingerprint density at radius 3 is 2.00 bits per heavy atom. The summed E-state index contributed by atoms with van der Waals surface area (Å²) in [5, 5.41) is 0. The molecule has 0 heterocycles. The first-order chi connectivity index (χ1) is 10.8. The minimum Gasteiger partial charge on any atom is -0.381 e. The number of hydrogen-bond donors (Lipinski definition) is 0. The molecule has 0 radical (unpaired) electrons. The Kier molecular flexibility index (Phi) is 8.59. The molecule has 0 aromatic carbocycles. The van der Waals surface area contributed by atoms with Crippen LogP contribution in [0.3, 0.4) is 0 Å². The van der Waals surface area contributed by atoms with Gasteiger partial charge in [-0.05, 0) is 88.9 Å². The van der Waals surface area contributed by atoms with Crippen LogP contribution in [-0.4, -0.2) is 13.2 Å². The third kappa shape index (κ3) is 6.07. The SMILES string of the molecule is C/C=C\CCC[C@H]1CC[C@H](C2CCC(COCC)CC2)CC1. The Hall–Kier alpha value is -0.300. The van der Waals surface area contributed by atoms with Crippen molar-refractivity contribution in [2.75, 3.05) is 13.2 Å². The minimum atomic E-state index is 0.860. The summed E-state index contributed by atoms with van der Waals surface area (Å²) in [4.78, 5) is 0. The number of ether oxygens (including phenoxy) is 1. The number of allylic oxidation sites excluding steroid dienone is 2. The van der Waals surface area contributed by atoms with Gasteiger partial charge in [0.15, 0.2) is 0 Å². The summed E-state index contributed by atoms with van der Waals surface area (Å²) in [6.45, 7) is 6.15. The molecule has 2 aliphatic carbocycles. The van der Waals surface area contributed by atoms with Gasteiger partial charge in [0, 0.05) is 13.2 Å². The fourth-order valence-electron chi connectivity index (χ4n) is 4.75. The maximum Gasteiger partial charge on any atom is 0.0494 e. The van der Waals surface area contributed by atoms with Crippen molar-refractivity contribution in [3.63, 3.8) is 0 Å². The highest BCUT2D eigenvalue weighted by Gasteiger charge is 2.30. The normalized spacial score (nSPS) is 33.4. The molecule has 2 fully saturated rings. The summed E-state index contributed by atoms with van der Waals surface area (Å²) in [5.74, 6) is 4.00. The van der Waals surface area contributed by atoms with Crippen LogP contribution in [0.2, 0.25) is 0 Å². The van der Waals surface area contributed by atoms with E-state index in [1.165, 1.54) is 70.6 Å². The van der Waals surface area contributed by atoms with Crippen molar-refractivity contribution < 1.29 is 4.74 Å². The molecule has 0 atom stereocenters. The van der Waals surface area contributed by atoms with Crippen LogP contribution in [0.15, 0.2) is 12.2 Å². The van der Waals surface area contributed by atoms with Gasteiger partial charge in [-0.2, -0.15) is 0 Å². The second-order valence-electron chi connectivity index (χ2n) is 7.72. The van der Waals surface area contributed by atoms with Gasteiger partial charge in [-0.3, -0.25) is 0 Å². The average Bonchev–Trinajstić information content (AvgIpc) is 2.58. The van der Waals surface area contributed by atoms with E-state index in [1.807, 2.05) is 0 Å². The fourth-order valence-corrected chi connectivity index (χ4v) is 4.75. The van der Waals surface area contributed by atoms with Crippen molar-refractivity contribution in [1.82, 2.24) is 0 Å².